The number of aromatic nitrogens is 2. The van der Waals surface area contributed by atoms with Gasteiger partial charge in [-0.2, -0.15) is 0 Å². The van der Waals surface area contributed by atoms with E-state index in [0.717, 1.165) is 42.3 Å². The van der Waals surface area contributed by atoms with Crippen LogP contribution in [-0.4, -0.2) is 43.3 Å². The summed E-state index contributed by atoms with van der Waals surface area (Å²) in [5.74, 6) is 1.74. The molecule has 0 aromatic carbocycles. The van der Waals surface area contributed by atoms with Crippen molar-refractivity contribution in [1.29, 1.82) is 0 Å². The second-order valence-corrected chi connectivity index (χ2v) is 5.59. The molecule has 3 heterocycles. The van der Waals surface area contributed by atoms with Gasteiger partial charge in [-0.1, -0.05) is 0 Å². The van der Waals surface area contributed by atoms with Crippen LogP contribution in [0.4, 0.5) is 11.5 Å². The average molecular weight is 349 g/mol. The highest BCUT2D eigenvalue weighted by Crippen LogP contribution is 2.26. The van der Waals surface area contributed by atoms with Crippen LogP contribution >= 0.6 is 15.9 Å². The lowest BCUT2D eigenvalue weighted by molar-refractivity contribution is 0.409. The summed E-state index contributed by atoms with van der Waals surface area (Å²) in [5.41, 5.74) is 1.23. The van der Waals surface area contributed by atoms with Gasteiger partial charge in [-0.25, -0.2) is 4.98 Å². The molecule has 6 heteroatoms. The van der Waals surface area contributed by atoms with Crippen LogP contribution in [0.1, 0.15) is 0 Å². The van der Waals surface area contributed by atoms with Gasteiger partial charge in [0.2, 0.25) is 0 Å². The lowest BCUT2D eigenvalue weighted by atomic mass is 10.2. The Kier molecular flexibility index (Phi) is 4.24. The number of nitrogens with zero attached hydrogens (tertiary/aromatic N) is 4. The molecule has 1 aliphatic rings. The summed E-state index contributed by atoms with van der Waals surface area (Å²) in [6.07, 6.45) is 3.67. The molecule has 0 atom stereocenters. The van der Waals surface area contributed by atoms with E-state index in [1.807, 2.05) is 24.5 Å². The van der Waals surface area contributed by atoms with Gasteiger partial charge in [-0.15, -0.1) is 0 Å². The van der Waals surface area contributed by atoms with Gasteiger partial charge in [0.25, 0.3) is 0 Å². The largest absolute Gasteiger partial charge is 0.494 e. The zero-order valence-corrected chi connectivity index (χ0v) is 13.5. The summed E-state index contributed by atoms with van der Waals surface area (Å²) in [5, 5.41) is 0. The molecule has 0 spiro atoms. The van der Waals surface area contributed by atoms with Crippen LogP contribution in [0.25, 0.3) is 0 Å². The molecule has 1 saturated heterocycles. The number of halogens is 1. The highest BCUT2D eigenvalue weighted by Gasteiger charge is 2.19. The maximum Gasteiger partial charge on any atom is 0.151 e. The molecule has 3 rings (SSSR count). The van der Waals surface area contributed by atoms with Crippen molar-refractivity contribution < 1.29 is 4.74 Å². The molecule has 110 valence electrons. The Morgan fingerprint density at radius 1 is 1.00 bits per heavy atom. The average Bonchev–Trinajstić information content (AvgIpc) is 2.56. The first kappa shape index (κ1) is 14.1. The maximum atomic E-state index is 5.22. The number of anilines is 2. The molecular formula is C15H17BrN4O. The minimum atomic E-state index is 0.749. The predicted octanol–water partition coefficient (Wildman–Crippen LogP) is 2.57. The fourth-order valence-electron chi connectivity index (χ4n) is 2.49. The quantitative estimate of drug-likeness (QED) is 0.797. The number of ether oxygens (including phenoxy) is 1. The number of piperazine rings is 1. The normalized spacial score (nSPS) is 15.1. The van der Waals surface area contributed by atoms with E-state index in [1.54, 1.807) is 7.11 Å². The van der Waals surface area contributed by atoms with Crippen molar-refractivity contribution in [3.05, 3.63) is 41.3 Å². The van der Waals surface area contributed by atoms with Crippen LogP contribution < -0.4 is 14.5 Å². The van der Waals surface area contributed by atoms with E-state index < -0.39 is 0 Å². The molecule has 21 heavy (non-hydrogen) atoms. The summed E-state index contributed by atoms with van der Waals surface area (Å²) in [7, 11) is 1.65. The first-order valence-corrected chi connectivity index (χ1v) is 7.67. The molecule has 1 fully saturated rings. The topological polar surface area (TPSA) is 41.5 Å². The lowest BCUT2D eigenvalue weighted by Gasteiger charge is -2.36. The molecule has 1 aliphatic heterocycles. The smallest absolute Gasteiger partial charge is 0.151 e. The number of hydrogen-bond acceptors (Lipinski definition) is 5. The van der Waals surface area contributed by atoms with Crippen LogP contribution in [0, 0.1) is 0 Å². The molecule has 2 aromatic heterocycles. The summed E-state index contributed by atoms with van der Waals surface area (Å²) >= 11 is 3.44. The van der Waals surface area contributed by atoms with Crippen molar-refractivity contribution in [2.75, 3.05) is 43.1 Å². The first-order chi connectivity index (χ1) is 10.3. The van der Waals surface area contributed by atoms with Gasteiger partial charge in [0.05, 0.1) is 7.11 Å². The zero-order chi connectivity index (χ0) is 14.7. The maximum absolute atomic E-state index is 5.22. The summed E-state index contributed by atoms with van der Waals surface area (Å²) < 4.78 is 5.97. The van der Waals surface area contributed by atoms with Crippen molar-refractivity contribution in [2.45, 2.75) is 0 Å². The van der Waals surface area contributed by atoms with Crippen molar-refractivity contribution in [1.82, 2.24) is 9.97 Å². The molecule has 0 unspecified atom stereocenters. The molecule has 0 bridgehead atoms. The number of pyridine rings is 2. The highest BCUT2D eigenvalue weighted by molar-refractivity contribution is 9.10. The third-order valence-electron chi connectivity index (χ3n) is 3.65. The van der Waals surface area contributed by atoms with Crippen molar-refractivity contribution in [3.8, 4) is 5.75 Å². The van der Waals surface area contributed by atoms with Gasteiger partial charge in [-0.3, -0.25) is 4.98 Å². The van der Waals surface area contributed by atoms with Gasteiger partial charge in [0, 0.05) is 44.3 Å². The van der Waals surface area contributed by atoms with Gasteiger partial charge >= 0.3 is 0 Å². The van der Waals surface area contributed by atoms with E-state index in [0.29, 0.717) is 0 Å². The SMILES string of the molecule is COc1ccc(N2CCN(c3ccncc3)CC2)nc1Br. The van der Waals surface area contributed by atoms with Crippen molar-refractivity contribution in [3.63, 3.8) is 0 Å². The minimum absolute atomic E-state index is 0.749. The van der Waals surface area contributed by atoms with E-state index in [9.17, 15) is 0 Å². The third-order valence-corrected chi connectivity index (χ3v) is 4.22. The third kappa shape index (κ3) is 3.10. The van der Waals surface area contributed by atoms with Crippen LogP contribution in [0.2, 0.25) is 0 Å². The van der Waals surface area contributed by atoms with E-state index in [4.69, 9.17) is 4.74 Å². The predicted molar refractivity (Wildman–Crippen MR) is 87.2 cm³/mol. The van der Waals surface area contributed by atoms with E-state index in [-0.39, 0.29) is 0 Å². The van der Waals surface area contributed by atoms with Gasteiger partial charge < -0.3 is 14.5 Å². The number of methoxy groups -OCH3 is 1. The van der Waals surface area contributed by atoms with Crippen LogP contribution in [0.15, 0.2) is 41.3 Å². The van der Waals surface area contributed by atoms with Crippen LogP contribution in [0.3, 0.4) is 0 Å². The summed E-state index contributed by atoms with van der Waals surface area (Å²) in [6.45, 7) is 3.87. The fraction of sp³-hybridized carbons (Fsp3) is 0.333. The van der Waals surface area contributed by atoms with Crippen LogP contribution in [-0.2, 0) is 0 Å². The Balaban J connectivity index is 1.67. The fourth-order valence-corrected chi connectivity index (χ4v) is 2.96. The monoisotopic (exact) mass is 348 g/mol. The van der Waals surface area contributed by atoms with Gasteiger partial charge in [0.15, 0.2) is 5.75 Å². The molecule has 0 N–H and O–H groups in total. The van der Waals surface area contributed by atoms with Crippen molar-refractivity contribution >= 4 is 27.4 Å². The Bertz CT molecular complexity index is 600. The molecule has 0 amide bonds. The molecule has 0 radical (unpaired) electrons. The highest BCUT2D eigenvalue weighted by atomic mass is 79.9. The van der Waals surface area contributed by atoms with Gasteiger partial charge in [0.1, 0.15) is 10.4 Å². The Hall–Kier alpha value is -1.82. The minimum Gasteiger partial charge on any atom is -0.494 e. The molecule has 0 saturated carbocycles. The number of rotatable bonds is 3. The first-order valence-electron chi connectivity index (χ1n) is 6.88. The van der Waals surface area contributed by atoms with Crippen LogP contribution in [0.5, 0.6) is 5.75 Å². The standard InChI is InChI=1S/C15H17BrN4O/c1-21-13-2-3-14(18-15(13)16)20-10-8-19(9-11-20)12-4-6-17-7-5-12/h2-7H,8-11H2,1H3. The summed E-state index contributed by atoms with van der Waals surface area (Å²) in [6, 6.07) is 8.06. The molecular weight excluding hydrogens is 332 g/mol. The van der Waals surface area contributed by atoms with Crippen molar-refractivity contribution in [2.24, 2.45) is 0 Å². The van der Waals surface area contributed by atoms with E-state index in [1.165, 1.54) is 5.69 Å². The van der Waals surface area contributed by atoms with Gasteiger partial charge in [-0.05, 0) is 40.2 Å². The Morgan fingerprint density at radius 2 is 1.67 bits per heavy atom. The van der Waals surface area contributed by atoms with E-state index >= 15 is 0 Å². The zero-order valence-electron chi connectivity index (χ0n) is 11.9. The van der Waals surface area contributed by atoms with E-state index in [2.05, 4.69) is 47.8 Å². The lowest BCUT2D eigenvalue weighted by Crippen LogP contribution is -2.46. The second-order valence-electron chi connectivity index (χ2n) is 4.84. The molecule has 5 nitrogen and oxygen atoms in total. The molecule has 0 aliphatic carbocycles. The summed E-state index contributed by atoms with van der Waals surface area (Å²) in [4.78, 5) is 13.3. The molecule has 2 aromatic rings. The Labute approximate surface area is 132 Å². The Morgan fingerprint density at radius 3 is 2.29 bits per heavy atom. The number of hydrogen-bond donors (Lipinski definition) is 0. The second kappa shape index (κ2) is 6.30.